The molecule has 0 saturated carbocycles. The maximum absolute atomic E-state index is 11.3. The van der Waals surface area contributed by atoms with Crippen LogP contribution in [0.5, 0.6) is 0 Å². The molecule has 6 heteroatoms. The highest BCUT2D eigenvalue weighted by Crippen LogP contribution is 2.44. The van der Waals surface area contributed by atoms with Crippen molar-refractivity contribution in [1.29, 1.82) is 0 Å². The Bertz CT molecular complexity index is 479. The van der Waals surface area contributed by atoms with Crippen LogP contribution in [0.2, 0.25) is 5.02 Å². The van der Waals surface area contributed by atoms with Crippen LogP contribution >= 0.6 is 11.6 Å². The molecule has 2 aliphatic rings. The second-order valence-electron chi connectivity index (χ2n) is 5.78. The standard InChI is InChI=1S/C14H22ClN3O2/c1-20-9-8-18-13(11(15)10-16-18)14(19)5-7-17-6-3-2-4-12(14)17/h10,12,19H,2-9H2,1H3. The minimum absolute atomic E-state index is 0.173. The highest BCUT2D eigenvalue weighted by Gasteiger charge is 2.50. The van der Waals surface area contributed by atoms with Gasteiger partial charge in [0.25, 0.3) is 0 Å². The van der Waals surface area contributed by atoms with Gasteiger partial charge < -0.3 is 9.84 Å². The van der Waals surface area contributed by atoms with Crippen LogP contribution < -0.4 is 0 Å². The number of hydrogen-bond acceptors (Lipinski definition) is 4. The summed E-state index contributed by atoms with van der Waals surface area (Å²) in [7, 11) is 1.66. The lowest BCUT2D eigenvalue weighted by Gasteiger charge is -2.37. The van der Waals surface area contributed by atoms with E-state index >= 15 is 0 Å². The number of methoxy groups -OCH3 is 1. The van der Waals surface area contributed by atoms with Crippen LogP contribution in [0.1, 0.15) is 31.4 Å². The fourth-order valence-electron chi connectivity index (χ4n) is 3.70. The lowest BCUT2D eigenvalue weighted by molar-refractivity contribution is -0.0214. The molecule has 2 fully saturated rings. The maximum Gasteiger partial charge on any atom is 0.124 e. The third-order valence-electron chi connectivity index (χ3n) is 4.66. The van der Waals surface area contributed by atoms with Crippen molar-refractivity contribution < 1.29 is 9.84 Å². The monoisotopic (exact) mass is 299 g/mol. The molecule has 2 unspecified atom stereocenters. The van der Waals surface area contributed by atoms with Gasteiger partial charge in [0, 0.05) is 19.7 Å². The first-order chi connectivity index (χ1) is 9.66. The van der Waals surface area contributed by atoms with Crippen molar-refractivity contribution in [3.63, 3.8) is 0 Å². The number of piperidine rings is 1. The van der Waals surface area contributed by atoms with E-state index in [0.717, 1.165) is 31.6 Å². The van der Waals surface area contributed by atoms with E-state index in [2.05, 4.69) is 10.00 Å². The summed E-state index contributed by atoms with van der Waals surface area (Å²) in [5, 5.41) is 16.2. The van der Waals surface area contributed by atoms with Gasteiger partial charge in [0.15, 0.2) is 0 Å². The average Bonchev–Trinajstić information content (AvgIpc) is 2.99. The zero-order chi connectivity index (χ0) is 14.2. The summed E-state index contributed by atoms with van der Waals surface area (Å²) in [6, 6.07) is 0.173. The third-order valence-corrected chi connectivity index (χ3v) is 4.93. The summed E-state index contributed by atoms with van der Waals surface area (Å²) in [6.07, 6.45) is 5.80. The van der Waals surface area contributed by atoms with Gasteiger partial charge in [-0.05, 0) is 25.8 Å². The number of ether oxygens (including phenoxy) is 1. The van der Waals surface area contributed by atoms with E-state index in [1.807, 2.05) is 4.68 Å². The smallest absolute Gasteiger partial charge is 0.124 e. The van der Waals surface area contributed by atoms with Gasteiger partial charge in [-0.2, -0.15) is 5.10 Å². The van der Waals surface area contributed by atoms with Crippen molar-refractivity contribution in [2.24, 2.45) is 0 Å². The van der Waals surface area contributed by atoms with E-state index in [0.29, 0.717) is 18.2 Å². The highest BCUT2D eigenvalue weighted by atomic mass is 35.5. The van der Waals surface area contributed by atoms with E-state index in [1.54, 1.807) is 13.3 Å². The van der Waals surface area contributed by atoms with E-state index in [-0.39, 0.29) is 6.04 Å². The summed E-state index contributed by atoms with van der Waals surface area (Å²) >= 11 is 6.32. The molecule has 0 radical (unpaired) electrons. The van der Waals surface area contributed by atoms with Gasteiger partial charge in [-0.1, -0.05) is 18.0 Å². The molecule has 1 N–H and O–H groups in total. The largest absolute Gasteiger partial charge is 0.383 e. The molecule has 0 amide bonds. The normalized spacial score (nSPS) is 30.6. The molecule has 1 aromatic heterocycles. The number of nitrogens with zero attached hydrogens (tertiary/aromatic N) is 3. The Balaban J connectivity index is 1.92. The predicted octanol–water partition coefficient (Wildman–Crippen LogP) is 1.63. The fraction of sp³-hybridized carbons (Fsp3) is 0.786. The zero-order valence-corrected chi connectivity index (χ0v) is 12.6. The van der Waals surface area contributed by atoms with Crippen molar-refractivity contribution in [3.8, 4) is 0 Å². The SMILES string of the molecule is COCCn1ncc(Cl)c1C1(O)CCN2CCCCC21. The van der Waals surface area contributed by atoms with Crippen LogP contribution in [-0.4, -0.2) is 52.6 Å². The van der Waals surface area contributed by atoms with Gasteiger partial charge in [-0.15, -0.1) is 0 Å². The molecule has 0 aromatic carbocycles. The Morgan fingerprint density at radius 3 is 3.15 bits per heavy atom. The van der Waals surface area contributed by atoms with Crippen molar-refractivity contribution in [2.45, 2.75) is 43.9 Å². The van der Waals surface area contributed by atoms with E-state index in [9.17, 15) is 5.11 Å². The highest BCUT2D eigenvalue weighted by molar-refractivity contribution is 6.31. The molecular formula is C14H22ClN3O2. The molecule has 3 rings (SSSR count). The summed E-state index contributed by atoms with van der Waals surface area (Å²) < 4.78 is 6.93. The average molecular weight is 300 g/mol. The van der Waals surface area contributed by atoms with Crippen molar-refractivity contribution >= 4 is 11.6 Å². The number of aromatic nitrogens is 2. The molecular weight excluding hydrogens is 278 g/mol. The molecule has 2 aliphatic heterocycles. The van der Waals surface area contributed by atoms with E-state index < -0.39 is 5.60 Å². The van der Waals surface area contributed by atoms with Gasteiger partial charge in [-0.3, -0.25) is 9.58 Å². The quantitative estimate of drug-likeness (QED) is 0.918. The van der Waals surface area contributed by atoms with Crippen molar-refractivity contribution in [3.05, 3.63) is 16.9 Å². The van der Waals surface area contributed by atoms with E-state index in [4.69, 9.17) is 16.3 Å². The molecule has 0 bridgehead atoms. The minimum atomic E-state index is -0.873. The summed E-state index contributed by atoms with van der Waals surface area (Å²) in [5.41, 5.74) is -0.104. The number of halogens is 1. The van der Waals surface area contributed by atoms with Crippen molar-refractivity contribution in [1.82, 2.24) is 14.7 Å². The number of hydrogen-bond donors (Lipinski definition) is 1. The first kappa shape index (κ1) is 14.3. The predicted molar refractivity (Wildman–Crippen MR) is 76.8 cm³/mol. The van der Waals surface area contributed by atoms with E-state index in [1.165, 1.54) is 12.8 Å². The second kappa shape index (κ2) is 5.64. The molecule has 2 saturated heterocycles. The van der Waals surface area contributed by atoms with Gasteiger partial charge in [0.2, 0.25) is 0 Å². The fourth-order valence-corrected chi connectivity index (χ4v) is 4.00. The molecule has 1 aromatic rings. The molecule has 112 valence electrons. The Morgan fingerprint density at radius 2 is 2.35 bits per heavy atom. The zero-order valence-electron chi connectivity index (χ0n) is 11.9. The maximum atomic E-state index is 11.3. The molecule has 2 atom stereocenters. The van der Waals surface area contributed by atoms with Gasteiger partial charge in [0.1, 0.15) is 5.60 Å². The van der Waals surface area contributed by atoms with Gasteiger partial charge in [-0.25, -0.2) is 0 Å². The molecule has 20 heavy (non-hydrogen) atoms. The van der Waals surface area contributed by atoms with Gasteiger partial charge >= 0.3 is 0 Å². The number of rotatable bonds is 4. The van der Waals surface area contributed by atoms with Gasteiger partial charge in [0.05, 0.1) is 30.1 Å². The second-order valence-corrected chi connectivity index (χ2v) is 6.19. The Kier molecular flexibility index (Phi) is 4.04. The lowest BCUT2D eigenvalue weighted by Crippen LogP contribution is -2.46. The number of fused-ring (bicyclic) bond motifs is 1. The molecule has 5 nitrogen and oxygen atoms in total. The van der Waals surface area contributed by atoms with Crippen LogP contribution in [0.25, 0.3) is 0 Å². The summed E-state index contributed by atoms with van der Waals surface area (Å²) in [4.78, 5) is 2.40. The molecule has 0 aliphatic carbocycles. The van der Waals surface area contributed by atoms with Crippen LogP contribution in [0, 0.1) is 0 Å². The topological polar surface area (TPSA) is 50.5 Å². The van der Waals surface area contributed by atoms with Crippen LogP contribution in [0.15, 0.2) is 6.20 Å². The van der Waals surface area contributed by atoms with Crippen LogP contribution in [0.4, 0.5) is 0 Å². The number of aliphatic hydroxyl groups is 1. The Morgan fingerprint density at radius 1 is 1.50 bits per heavy atom. The molecule has 0 spiro atoms. The summed E-state index contributed by atoms with van der Waals surface area (Å²) in [6.45, 7) is 3.20. The summed E-state index contributed by atoms with van der Waals surface area (Å²) in [5.74, 6) is 0. The first-order valence-electron chi connectivity index (χ1n) is 7.34. The third kappa shape index (κ3) is 2.26. The minimum Gasteiger partial charge on any atom is -0.383 e. The first-order valence-corrected chi connectivity index (χ1v) is 7.72. The Labute approximate surface area is 124 Å². The van der Waals surface area contributed by atoms with Crippen LogP contribution in [0.3, 0.4) is 0 Å². The lowest BCUT2D eigenvalue weighted by atomic mass is 9.86. The molecule has 3 heterocycles. The van der Waals surface area contributed by atoms with Crippen molar-refractivity contribution in [2.75, 3.05) is 26.8 Å². The Hall–Kier alpha value is -0.620. The van der Waals surface area contributed by atoms with Crippen LogP contribution in [-0.2, 0) is 16.9 Å².